The average Bonchev–Trinajstić information content (AvgIpc) is 2.43. The summed E-state index contributed by atoms with van der Waals surface area (Å²) >= 11 is 0. The van der Waals surface area contributed by atoms with Crippen molar-refractivity contribution in [2.75, 3.05) is 14.2 Å². The standard InChI is InChI=1S/C7H15BO2/c1-9-8(10-2)7-5-3-4-6-7/h7H,3-6H2,1-2H3. The van der Waals surface area contributed by atoms with Crippen LogP contribution in [0.1, 0.15) is 25.7 Å². The van der Waals surface area contributed by atoms with E-state index in [2.05, 4.69) is 0 Å². The molecule has 10 heavy (non-hydrogen) atoms. The molecular weight excluding hydrogens is 127 g/mol. The lowest BCUT2D eigenvalue weighted by atomic mass is 9.71. The topological polar surface area (TPSA) is 18.5 Å². The first-order valence-corrected chi connectivity index (χ1v) is 3.94. The number of hydrogen-bond donors (Lipinski definition) is 0. The van der Waals surface area contributed by atoms with E-state index in [4.69, 9.17) is 9.31 Å². The molecule has 0 atom stereocenters. The lowest BCUT2D eigenvalue weighted by Crippen LogP contribution is -2.24. The summed E-state index contributed by atoms with van der Waals surface area (Å²) in [5.41, 5.74) is 0. The summed E-state index contributed by atoms with van der Waals surface area (Å²) in [7, 11) is 3.47. The highest BCUT2D eigenvalue weighted by molar-refractivity contribution is 6.46. The van der Waals surface area contributed by atoms with E-state index in [1.54, 1.807) is 14.2 Å². The maximum Gasteiger partial charge on any atom is 0.459 e. The first-order chi connectivity index (χ1) is 4.88. The van der Waals surface area contributed by atoms with Crippen molar-refractivity contribution in [2.24, 2.45) is 0 Å². The molecule has 0 bridgehead atoms. The Kier molecular flexibility index (Phi) is 3.22. The minimum absolute atomic E-state index is 0.0440. The molecule has 58 valence electrons. The zero-order valence-corrected chi connectivity index (χ0v) is 6.80. The zero-order chi connectivity index (χ0) is 7.40. The van der Waals surface area contributed by atoms with E-state index >= 15 is 0 Å². The van der Waals surface area contributed by atoms with Gasteiger partial charge in [-0.05, 0) is 5.82 Å². The minimum atomic E-state index is 0.0440. The van der Waals surface area contributed by atoms with Gasteiger partial charge in [0, 0.05) is 14.2 Å². The van der Waals surface area contributed by atoms with Gasteiger partial charge in [0.05, 0.1) is 0 Å². The molecule has 0 aromatic heterocycles. The van der Waals surface area contributed by atoms with Gasteiger partial charge >= 0.3 is 7.12 Å². The third-order valence-corrected chi connectivity index (χ3v) is 2.25. The molecular formula is C7H15BO2. The molecule has 0 N–H and O–H groups in total. The Balaban J connectivity index is 2.29. The Labute approximate surface area is 63.0 Å². The third kappa shape index (κ3) is 1.73. The van der Waals surface area contributed by atoms with Gasteiger partial charge in [-0.25, -0.2) is 0 Å². The van der Waals surface area contributed by atoms with Crippen LogP contribution in [0.3, 0.4) is 0 Å². The maximum absolute atomic E-state index is 5.16. The Morgan fingerprint density at radius 1 is 1.10 bits per heavy atom. The van der Waals surface area contributed by atoms with E-state index in [-0.39, 0.29) is 7.12 Å². The molecule has 1 fully saturated rings. The molecule has 2 nitrogen and oxygen atoms in total. The van der Waals surface area contributed by atoms with Gasteiger partial charge in [0.1, 0.15) is 0 Å². The third-order valence-electron chi connectivity index (χ3n) is 2.25. The zero-order valence-electron chi connectivity index (χ0n) is 6.80. The average molecular weight is 142 g/mol. The Morgan fingerprint density at radius 3 is 2.00 bits per heavy atom. The summed E-state index contributed by atoms with van der Waals surface area (Å²) in [6, 6.07) is 0. The molecule has 3 heteroatoms. The maximum atomic E-state index is 5.16. The van der Waals surface area contributed by atoms with Crippen molar-refractivity contribution in [1.82, 2.24) is 0 Å². The first-order valence-electron chi connectivity index (χ1n) is 3.94. The summed E-state index contributed by atoms with van der Waals surface area (Å²) in [6.07, 6.45) is 5.22. The van der Waals surface area contributed by atoms with Gasteiger partial charge in [-0.3, -0.25) is 0 Å². The normalized spacial score (nSPS) is 19.8. The van der Waals surface area contributed by atoms with E-state index in [9.17, 15) is 0 Å². The van der Waals surface area contributed by atoms with E-state index in [1.165, 1.54) is 25.7 Å². The lowest BCUT2D eigenvalue weighted by molar-refractivity contribution is 0.265. The second-order valence-corrected chi connectivity index (χ2v) is 2.88. The van der Waals surface area contributed by atoms with Gasteiger partial charge in [0.15, 0.2) is 0 Å². The van der Waals surface area contributed by atoms with Crippen LogP contribution in [0, 0.1) is 0 Å². The van der Waals surface area contributed by atoms with Crippen LogP contribution >= 0.6 is 0 Å². The van der Waals surface area contributed by atoms with Crippen molar-refractivity contribution in [3.63, 3.8) is 0 Å². The molecule has 0 heterocycles. The van der Waals surface area contributed by atoms with Crippen LogP contribution in [0.25, 0.3) is 0 Å². The molecule has 1 aliphatic carbocycles. The minimum Gasteiger partial charge on any atom is -0.414 e. The number of rotatable bonds is 3. The van der Waals surface area contributed by atoms with Crippen molar-refractivity contribution < 1.29 is 9.31 Å². The van der Waals surface area contributed by atoms with Crippen LogP contribution in [-0.2, 0) is 9.31 Å². The van der Waals surface area contributed by atoms with Crippen LogP contribution in [-0.4, -0.2) is 21.3 Å². The van der Waals surface area contributed by atoms with Gasteiger partial charge in [-0.2, -0.15) is 0 Å². The summed E-state index contributed by atoms with van der Waals surface area (Å²) in [5, 5.41) is 0. The molecule has 0 spiro atoms. The molecule has 1 rings (SSSR count). The highest BCUT2D eigenvalue weighted by atomic mass is 16.6. The van der Waals surface area contributed by atoms with E-state index in [1.807, 2.05) is 0 Å². The van der Waals surface area contributed by atoms with Crippen molar-refractivity contribution in [2.45, 2.75) is 31.5 Å². The molecule has 1 aliphatic rings. The molecule has 0 amide bonds. The quantitative estimate of drug-likeness (QED) is 0.558. The van der Waals surface area contributed by atoms with Gasteiger partial charge in [-0.15, -0.1) is 0 Å². The van der Waals surface area contributed by atoms with Crippen molar-refractivity contribution in [3.8, 4) is 0 Å². The molecule has 1 saturated carbocycles. The Morgan fingerprint density at radius 2 is 1.60 bits per heavy atom. The highest BCUT2D eigenvalue weighted by Crippen LogP contribution is 2.32. The van der Waals surface area contributed by atoms with E-state index in [0.29, 0.717) is 5.82 Å². The SMILES string of the molecule is COB(OC)C1CCCC1. The summed E-state index contributed by atoms with van der Waals surface area (Å²) in [4.78, 5) is 0. The van der Waals surface area contributed by atoms with E-state index < -0.39 is 0 Å². The summed E-state index contributed by atoms with van der Waals surface area (Å²) < 4.78 is 10.3. The fourth-order valence-electron chi connectivity index (χ4n) is 1.71. The van der Waals surface area contributed by atoms with Crippen LogP contribution < -0.4 is 0 Å². The molecule has 0 saturated heterocycles. The molecule has 0 radical (unpaired) electrons. The predicted octanol–water partition coefficient (Wildman–Crippen LogP) is 1.71. The predicted molar refractivity (Wildman–Crippen MR) is 42.0 cm³/mol. The van der Waals surface area contributed by atoms with Crippen LogP contribution in [0.15, 0.2) is 0 Å². The molecule has 0 aromatic rings. The Bertz CT molecular complexity index is 87.6. The van der Waals surface area contributed by atoms with Crippen LogP contribution in [0.2, 0.25) is 5.82 Å². The van der Waals surface area contributed by atoms with Gasteiger partial charge in [-0.1, -0.05) is 25.7 Å². The molecule has 0 unspecified atom stereocenters. The van der Waals surface area contributed by atoms with Crippen LogP contribution in [0.5, 0.6) is 0 Å². The largest absolute Gasteiger partial charge is 0.459 e. The van der Waals surface area contributed by atoms with Gasteiger partial charge in [0.25, 0.3) is 0 Å². The number of hydrogen-bond acceptors (Lipinski definition) is 2. The summed E-state index contributed by atoms with van der Waals surface area (Å²) in [5.74, 6) is 0.648. The second kappa shape index (κ2) is 3.99. The fraction of sp³-hybridized carbons (Fsp3) is 1.00. The van der Waals surface area contributed by atoms with Gasteiger partial charge < -0.3 is 9.31 Å². The van der Waals surface area contributed by atoms with Crippen LogP contribution in [0.4, 0.5) is 0 Å². The summed E-state index contributed by atoms with van der Waals surface area (Å²) in [6.45, 7) is 0. The smallest absolute Gasteiger partial charge is 0.414 e. The van der Waals surface area contributed by atoms with Crippen molar-refractivity contribution in [3.05, 3.63) is 0 Å². The van der Waals surface area contributed by atoms with E-state index in [0.717, 1.165) is 0 Å². The molecule has 0 aliphatic heterocycles. The molecule has 0 aromatic carbocycles. The first kappa shape index (κ1) is 8.09. The fourth-order valence-corrected chi connectivity index (χ4v) is 1.71. The van der Waals surface area contributed by atoms with Gasteiger partial charge in [0.2, 0.25) is 0 Å². The van der Waals surface area contributed by atoms with Crippen molar-refractivity contribution >= 4 is 7.12 Å². The highest BCUT2D eigenvalue weighted by Gasteiger charge is 2.30. The lowest BCUT2D eigenvalue weighted by Gasteiger charge is -2.14. The monoisotopic (exact) mass is 142 g/mol. The second-order valence-electron chi connectivity index (χ2n) is 2.88. The Hall–Kier alpha value is -0.0151. The van der Waals surface area contributed by atoms with Crippen molar-refractivity contribution in [1.29, 1.82) is 0 Å².